The first-order chi connectivity index (χ1) is 18.3. The SMILES string of the molecule is CC[C@@]1(C[C@H]2CCC(C(=O)OC)=C3Nc4ccccc4[C@]34CCN(Cc3ccccc3)[C@H]24)COC(C)(C)O1. The van der Waals surface area contributed by atoms with Crippen molar-refractivity contribution in [2.24, 2.45) is 5.92 Å². The zero-order chi connectivity index (χ0) is 26.5. The van der Waals surface area contributed by atoms with Crippen molar-refractivity contribution in [3.63, 3.8) is 0 Å². The van der Waals surface area contributed by atoms with Crippen molar-refractivity contribution < 1.29 is 19.0 Å². The lowest BCUT2D eigenvalue weighted by Crippen LogP contribution is -2.50. The van der Waals surface area contributed by atoms with E-state index in [0.29, 0.717) is 18.9 Å². The molecule has 0 bridgehead atoms. The Balaban J connectivity index is 1.49. The van der Waals surface area contributed by atoms with Crippen LogP contribution in [0.2, 0.25) is 0 Å². The highest BCUT2D eigenvalue weighted by atomic mass is 16.8. The lowest BCUT2D eigenvalue weighted by atomic mass is 9.67. The van der Waals surface area contributed by atoms with Gasteiger partial charge in [-0.3, -0.25) is 4.90 Å². The van der Waals surface area contributed by atoms with E-state index in [9.17, 15) is 4.79 Å². The Hall–Kier alpha value is -2.67. The number of methoxy groups -OCH3 is 1. The number of likely N-dealkylation sites (tertiary alicyclic amines) is 1. The highest BCUT2D eigenvalue weighted by Gasteiger charge is 2.60. The number of carbonyl (C=O) groups excluding carboxylic acids is 1. The fraction of sp³-hybridized carbons (Fsp3) is 0.531. The predicted octanol–water partition coefficient (Wildman–Crippen LogP) is 5.78. The van der Waals surface area contributed by atoms with Crippen LogP contribution in [-0.4, -0.2) is 48.6 Å². The van der Waals surface area contributed by atoms with Gasteiger partial charge in [-0.2, -0.15) is 0 Å². The Morgan fingerprint density at radius 2 is 1.89 bits per heavy atom. The summed E-state index contributed by atoms with van der Waals surface area (Å²) in [5.74, 6) is -0.490. The van der Waals surface area contributed by atoms with Crippen LogP contribution in [0, 0.1) is 5.92 Å². The summed E-state index contributed by atoms with van der Waals surface area (Å²) >= 11 is 0. The van der Waals surface area contributed by atoms with Crippen LogP contribution in [0.25, 0.3) is 0 Å². The quantitative estimate of drug-likeness (QED) is 0.491. The summed E-state index contributed by atoms with van der Waals surface area (Å²) in [4.78, 5) is 15.9. The molecule has 0 unspecified atom stereocenters. The van der Waals surface area contributed by atoms with Gasteiger partial charge in [0.05, 0.1) is 30.3 Å². The standard InChI is InChI=1S/C32H40N2O4/c1-5-31(21-37-30(2,3)38-31)19-23-15-16-24(29(35)36-4)27-32(25-13-9-10-14-26(25)33-27)17-18-34(28(23)32)20-22-11-7-6-8-12-22/h6-14,23,28,33H,5,15-21H2,1-4H3/t23-,28-,31-,32-/m1/s1. The first-order valence-electron chi connectivity index (χ1n) is 14.1. The molecule has 3 heterocycles. The average molecular weight is 517 g/mol. The Kier molecular flexibility index (Phi) is 6.41. The molecule has 6 heteroatoms. The van der Waals surface area contributed by atoms with E-state index >= 15 is 0 Å². The summed E-state index contributed by atoms with van der Waals surface area (Å²) in [7, 11) is 1.50. The van der Waals surface area contributed by atoms with Crippen molar-refractivity contribution in [2.45, 2.75) is 82.3 Å². The van der Waals surface area contributed by atoms with Crippen LogP contribution in [0.4, 0.5) is 5.69 Å². The molecule has 0 aromatic heterocycles. The number of hydrogen-bond acceptors (Lipinski definition) is 6. The van der Waals surface area contributed by atoms with E-state index in [0.717, 1.165) is 55.7 Å². The third-order valence-electron chi connectivity index (χ3n) is 9.40. The summed E-state index contributed by atoms with van der Waals surface area (Å²) in [5, 5.41) is 3.74. The molecule has 3 aliphatic heterocycles. The van der Waals surface area contributed by atoms with Gasteiger partial charge in [0.2, 0.25) is 0 Å². The molecule has 1 aliphatic carbocycles. The molecule has 2 fully saturated rings. The van der Waals surface area contributed by atoms with Crippen LogP contribution < -0.4 is 5.32 Å². The first-order valence-corrected chi connectivity index (χ1v) is 14.1. The second kappa shape index (κ2) is 9.51. The topological polar surface area (TPSA) is 60.0 Å². The molecule has 4 aliphatic rings. The number of ether oxygens (including phenoxy) is 3. The molecule has 0 amide bonds. The molecule has 0 saturated carbocycles. The minimum absolute atomic E-state index is 0.215. The van der Waals surface area contributed by atoms with Crippen molar-refractivity contribution in [3.05, 3.63) is 77.0 Å². The van der Waals surface area contributed by atoms with E-state index in [2.05, 4.69) is 71.7 Å². The minimum atomic E-state index is -0.583. The third-order valence-corrected chi connectivity index (χ3v) is 9.40. The van der Waals surface area contributed by atoms with E-state index in [4.69, 9.17) is 14.2 Å². The first kappa shape index (κ1) is 25.6. The van der Waals surface area contributed by atoms with Crippen LogP contribution in [0.15, 0.2) is 65.9 Å². The number of hydrogen-bond donors (Lipinski definition) is 1. The molecule has 38 heavy (non-hydrogen) atoms. The number of para-hydroxylation sites is 1. The molecule has 4 atom stereocenters. The van der Waals surface area contributed by atoms with Crippen LogP contribution in [-0.2, 0) is 31.0 Å². The van der Waals surface area contributed by atoms with Crippen molar-refractivity contribution in [1.29, 1.82) is 0 Å². The maximum atomic E-state index is 13.2. The molecule has 6 nitrogen and oxygen atoms in total. The van der Waals surface area contributed by atoms with Gasteiger partial charge >= 0.3 is 5.97 Å². The normalized spacial score (nSPS) is 31.8. The minimum Gasteiger partial charge on any atom is -0.466 e. The Morgan fingerprint density at radius 3 is 2.61 bits per heavy atom. The van der Waals surface area contributed by atoms with Crippen molar-refractivity contribution in [1.82, 2.24) is 4.90 Å². The maximum Gasteiger partial charge on any atom is 0.335 e. The van der Waals surface area contributed by atoms with Gasteiger partial charge < -0.3 is 19.5 Å². The van der Waals surface area contributed by atoms with Gasteiger partial charge in [0.15, 0.2) is 5.79 Å². The smallest absolute Gasteiger partial charge is 0.335 e. The van der Waals surface area contributed by atoms with Crippen LogP contribution in [0.5, 0.6) is 0 Å². The van der Waals surface area contributed by atoms with E-state index in [1.54, 1.807) is 0 Å². The Morgan fingerprint density at radius 1 is 1.13 bits per heavy atom. The van der Waals surface area contributed by atoms with E-state index in [1.807, 2.05) is 13.8 Å². The van der Waals surface area contributed by atoms with Gasteiger partial charge in [0.1, 0.15) is 0 Å². The second-order valence-electron chi connectivity index (χ2n) is 12.0. The van der Waals surface area contributed by atoms with E-state index in [1.165, 1.54) is 18.2 Å². The summed E-state index contributed by atoms with van der Waals surface area (Å²) < 4.78 is 18.1. The summed E-state index contributed by atoms with van der Waals surface area (Å²) in [6.45, 7) is 8.69. The number of rotatable bonds is 6. The van der Waals surface area contributed by atoms with Crippen LogP contribution in [0.3, 0.4) is 0 Å². The zero-order valence-electron chi connectivity index (χ0n) is 23.1. The maximum absolute atomic E-state index is 13.2. The van der Waals surface area contributed by atoms with Gasteiger partial charge in [-0.15, -0.1) is 0 Å². The molecular formula is C32H40N2O4. The zero-order valence-corrected chi connectivity index (χ0v) is 23.1. The average Bonchev–Trinajstić information content (AvgIpc) is 3.53. The highest BCUT2D eigenvalue weighted by molar-refractivity contribution is 5.92. The molecular weight excluding hydrogens is 476 g/mol. The summed E-state index contributed by atoms with van der Waals surface area (Å²) in [6.07, 6.45) is 4.35. The van der Waals surface area contributed by atoms with Gasteiger partial charge in [-0.05, 0) is 69.1 Å². The number of carbonyl (C=O) groups is 1. The fourth-order valence-electron chi connectivity index (χ4n) is 7.82. The number of nitrogens with one attached hydrogen (secondary N) is 1. The van der Waals surface area contributed by atoms with E-state index in [-0.39, 0.29) is 23.0 Å². The predicted molar refractivity (Wildman–Crippen MR) is 148 cm³/mol. The van der Waals surface area contributed by atoms with E-state index < -0.39 is 5.79 Å². The molecule has 6 rings (SSSR count). The molecule has 1 spiro atoms. The molecule has 1 N–H and O–H groups in total. The largest absolute Gasteiger partial charge is 0.466 e. The Labute approximate surface area is 226 Å². The number of fused-ring (bicyclic) bond motifs is 1. The highest BCUT2D eigenvalue weighted by Crippen LogP contribution is 2.59. The van der Waals surface area contributed by atoms with Crippen molar-refractivity contribution in [3.8, 4) is 0 Å². The molecule has 202 valence electrons. The number of esters is 1. The van der Waals surface area contributed by atoms with Gasteiger partial charge in [-0.25, -0.2) is 4.79 Å². The fourth-order valence-corrected chi connectivity index (χ4v) is 7.82. The van der Waals surface area contributed by atoms with Gasteiger partial charge in [0.25, 0.3) is 0 Å². The molecule has 0 radical (unpaired) electrons. The number of benzene rings is 2. The van der Waals surface area contributed by atoms with Gasteiger partial charge in [0, 0.05) is 30.5 Å². The van der Waals surface area contributed by atoms with Crippen molar-refractivity contribution in [2.75, 3.05) is 25.6 Å². The van der Waals surface area contributed by atoms with Crippen molar-refractivity contribution >= 4 is 11.7 Å². The molecule has 2 aromatic carbocycles. The lowest BCUT2D eigenvalue weighted by Gasteiger charge is -2.43. The lowest BCUT2D eigenvalue weighted by molar-refractivity contribution is -0.167. The van der Waals surface area contributed by atoms with Gasteiger partial charge in [-0.1, -0.05) is 55.5 Å². The monoisotopic (exact) mass is 516 g/mol. The Bertz CT molecular complexity index is 1240. The molecule has 2 saturated heterocycles. The second-order valence-corrected chi connectivity index (χ2v) is 12.0. The van der Waals surface area contributed by atoms with Crippen LogP contribution >= 0.6 is 0 Å². The number of nitrogens with zero attached hydrogens (tertiary/aromatic N) is 1. The van der Waals surface area contributed by atoms with Crippen LogP contribution in [0.1, 0.15) is 64.0 Å². The third kappa shape index (κ3) is 4.09. The molecule has 2 aromatic rings. The summed E-state index contributed by atoms with van der Waals surface area (Å²) in [5.41, 5.74) is 4.96. The summed E-state index contributed by atoms with van der Waals surface area (Å²) in [6, 6.07) is 19.6. The number of anilines is 1.